The normalized spacial score (nSPS) is 18.6. The third kappa shape index (κ3) is 2.72. The van der Waals surface area contributed by atoms with Gasteiger partial charge in [-0.3, -0.25) is 10.1 Å². The summed E-state index contributed by atoms with van der Waals surface area (Å²) in [6.07, 6.45) is 0.911. The van der Waals surface area contributed by atoms with Gasteiger partial charge in [0.05, 0.1) is 16.2 Å². The fourth-order valence-electron chi connectivity index (χ4n) is 2.46. The third-order valence-electron chi connectivity index (χ3n) is 3.66. The van der Waals surface area contributed by atoms with Gasteiger partial charge < -0.3 is 14.9 Å². The van der Waals surface area contributed by atoms with Crippen molar-refractivity contribution < 1.29 is 14.8 Å². The first-order valence-corrected chi connectivity index (χ1v) is 6.33. The predicted molar refractivity (Wildman–Crippen MR) is 74.4 cm³/mol. The van der Waals surface area contributed by atoms with Gasteiger partial charge in [-0.1, -0.05) is 0 Å². The van der Waals surface area contributed by atoms with Crippen LogP contribution in [0, 0.1) is 10.1 Å². The number of aromatic carboxylic acids is 1. The second kappa shape index (κ2) is 5.46. The highest BCUT2D eigenvalue weighted by Gasteiger charge is 2.28. The van der Waals surface area contributed by atoms with Gasteiger partial charge in [0, 0.05) is 31.3 Å². The van der Waals surface area contributed by atoms with Gasteiger partial charge in [0.25, 0.3) is 5.69 Å². The molecule has 1 fully saturated rings. The Morgan fingerprint density at radius 3 is 2.70 bits per heavy atom. The number of benzene rings is 1. The molecule has 1 N–H and O–H groups in total. The zero-order chi connectivity index (χ0) is 14.9. The number of nitrogens with zero attached hydrogens (tertiary/aromatic N) is 3. The molecule has 1 unspecified atom stereocenters. The number of nitro benzene ring substituents is 1. The van der Waals surface area contributed by atoms with Gasteiger partial charge in [-0.2, -0.15) is 0 Å². The molecule has 0 aromatic heterocycles. The number of carboxylic acids is 1. The Morgan fingerprint density at radius 2 is 2.20 bits per heavy atom. The van der Waals surface area contributed by atoms with Gasteiger partial charge >= 0.3 is 5.97 Å². The number of carbonyl (C=O) groups is 1. The molecule has 1 saturated heterocycles. The topological polar surface area (TPSA) is 86.9 Å². The first kappa shape index (κ1) is 14.3. The van der Waals surface area contributed by atoms with Crippen molar-refractivity contribution in [1.82, 2.24) is 4.90 Å². The number of hydrogen-bond acceptors (Lipinski definition) is 5. The Bertz CT molecular complexity index is 544. The molecule has 0 saturated carbocycles. The number of anilines is 1. The van der Waals surface area contributed by atoms with E-state index in [0.717, 1.165) is 6.42 Å². The van der Waals surface area contributed by atoms with Crippen LogP contribution in [0.1, 0.15) is 16.8 Å². The highest BCUT2D eigenvalue weighted by Crippen LogP contribution is 2.29. The quantitative estimate of drug-likeness (QED) is 0.662. The minimum atomic E-state index is -1.07. The van der Waals surface area contributed by atoms with E-state index in [2.05, 4.69) is 4.90 Å². The molecule has 0 bridgehead atoms. The highest BCUT2D eigenvalue weighted by atomic mass is 16.6. The summed E-state index contributed by atoms with van der Waals surface area (Å²) in [5.41, 5.74) is 0.448. The van der Waals surface area contributed by atoms with Crippen LogP contribution < -0.4 is 4.90 Å². The van der Waals surface area contributed by atoms with Crippen molar-refractivity contribution in [3.8, 4) is 0 Å². The van der Waals surface area contributed by atoms with Crippen LogP contribution in [0.5, 0.6) is 0 Å². The van der Waals surface area contributed by atoms with Crippen LogP contribution in [0.25, 0.3) is 0 Å². The number of nitro groups is 1. The lowest BCUT2D eigenvalue weighted by Crippen LogP contribution is -2.32. The van der Waals surface area contributed by atoms with Crippen LogP contribution in [0.15, 0.2) is 18.2 Å². The lowest BCUT2D eigenvalue weighted by Gasteiger charge is -2.22. The van der Waals surface area contributed by atoms with Crippen molar-refractivity contribution in [2.75, 3.05) is 32.1 Å². The molecule has 108 valence electrons. The van der Waals surface area contributed by atoms with E-state index >= 15 is 0 Å². The highest BCUT2D eigenvalue weighted by molar-refractivity contribution is 5.95. The molecule has 1 aromatic rings. The Labute approximate surface area is 116 Å². The van der Waals surface area contributed by atoms with Crippen LogP contribution in [0.3, 0.4) is 0 Å². The molecule has 0 radical (unpaired) electrons. The molecule has 0 amide bonds. The first-order valence-electron chi connectivity index (χ1n) is 6.33. The van der Waals surface area contributed by atoms with Crippen LogP contribution in [-0.4, -0.2) is 54.1 Å². The molecule has 20 heavy (non-hydrogen) atoms. The van der Waals surface area contributed by atoms with E-state index in [1.807, 2.05) is 19.0 Å². The van der Waals surface area contributed by atoms with E-state index in [0.29, 0.717) is 24.8 Å². The molecule has 0 spiro atoms. The Kier molecular flexibility index (Phi) is 3.89. The third-order valence-corrected chi connectivity index (χ3v) is 3.66. The summed E-state index contributed by atoms with van der Waals surface area (Å²) in [7, 11) is 3.94. The van der Waals surface area contributed by atoms with Gasteiger partial charge in [-0.05, 0) is 26.6 Å². The monoisotopic (exact) mass is 279 g/mol. The van der Waals surface area contributed by atoms with E-state index in [1.54, 1.807) is 0 Å². The molecule has 7 nitrogen and oxygen atoms in total. The zero-order valence-electron chi connectivity index (χ0n) is 11.4. The molecular formula is C13H17N3O4. The smallest absolute Gasteiger partial charge is 0.337 e. The standard InChI is InChI=1S/C13H17N3O4/c1-14(2)10-5-6-15(8-10)12-7-9(16(19)20)3-4-11(12)13(17)18/h3-4,7,10H,5-6,8H2,1-2H3,(H,17,18). The molecule has 1 aliphatic rings. The maximum atomic E-state index is 11.3. The van der Waals surface area contributed by atoms with Crippen LogP contribution in [0.2, 0.25) is 0 Å². The molecule has 1 atom stereocenters. The Hall–Kier alpha value is -2.15. The molecule has 0 aliphatic carbocycles. The fraction of sp³-hybridized carbons (Fsp3) is 0.462. The van der Waals surface area contributed by atoms with Gasteiger partial charge in [0.1, 0.15) is 0 Å². The summed E-state index contributed by atoms with van der Waals surface area (Å²) in [6, 6.07) is 4.21. The van der Waals surface area contributed by atoms with Crippen molar-refractivity contribution in [1.29, 1.82) is 0 Å². The number of rotatable bonds is 4. The second-order valence-electron chi connectivity index (χ2n) is 5.12. The minimum absolute atomic E-state index is 0.0849. The molecule has 7 heteroatoms. The molecule has 2 rings (SSSR count). The SMILES string of the molecule is CN(C)C1CCN(c2cc([N+](=O)[O-])ccc2C(=O)O)C1. The van der Waals surface area contributed by atoms with Gasteiger partial charge in [0.15, 0.2) is 0 Å². The summed E-state index contributed by atoms with van der Waals surface area (Å²) in [4.78, 5) is 25.6. The maximum absolute atomic E-state index is 11.3. The maximum Gasteiger partial charge on any atom is 0.337 e. The van der Waals surface area contributed by atoms with E-state index < -0.39 is 10.9 Å². The minimum Gasteiger partial charge on any atom is -0.478 e. The van der Waals surface area contributed by atoms with Crippen molar-refractivity contribution in [3.63, 3.8) is 0 Å². The summed E-state index contributed by atoms with van der Waals surface area (Å²) in [6.45, 7) is 1.37. The van der Waals surface area contributed by atoms with Crippen LogP contribution in [0.4, 0.5) is 11.4 Å². The number of non-ortho nitro benzene ring substituents is 1. The van der Waals surface area contributed by atoms with Gasteiger partial charge in [-0.15, -0.1) is 0 Å². The van der Waals surface area contributed by atoms with Crippen molar-refractivity contribution in [3.05, 3.63) is 33.9 Å². The second-order valence-corrected chi connectivity index (χ2v) is 5.12. The van der Waals surface area contributed by atoms with E-state index in [-0.39, 0.29) is 11.3 Å². The molecular weight excluding hydrogens is 262 g/mol. The average molecular weight is 279 g/mol. The van der Waals surface area contributed by atoms with Crippen molar-refractivity contribution >= 4 is 17.3 Å². The molecule has 1 aromatic carbocycles. The summed E-state index contributed by atoms with van der Waals surface area (Å²) >= 11 is 0. The van der Waals surface area contributed by atoms with E-state index in [1.165, 1.54) is 18.2 Å². The largest absolute Gasteiger partial charge is 0.478 e. The predicted octanol–water partition coefficient (Wildman–Crippen LogP) is 1.43. The summed E-state index contributed by atoms with van der Waals surface area (Å²) < 4.78 is 0. The Morgan fingerprint density at radius 1 is 1.50 bits per heavy atom. The molecule has 1 heterocycles. The summed E-state index contributed by atoms with van der Waals surface area (Å²) in [5.74, 6) is -1.07. The zero-order valence-corrected chi connectivity index (χ0v) is 11.4. The summed E-state index contributed by atoms with van der Waals surface area (Å²) in [5, 5.41) is 20.1. The number of likely N-dealkylation sites (N-methyl/N-ethyl adjacent to an activating group) is 1. The van der Waals surface area contributed by atoms with Crippen molar-refractivity contribution in [2.45, 2.75) is 12.5 Å². The fourth-order valence-corrected chi connectivity index (χ4v) is 2.46. The van der Waals surface area contributed by atoms with E-state index in [4.69, 9.17) is 0 Å². The number of hydrogen-bond donors (Lipinski definition) is 1. The van der Waals surface area contributed by atoms with Crippen molar-refractivity contribution in [2.24, 2.45) is 0 Å². The molecule has 1 aliphatic heterocycles. The first-order chi connectivity index (χ1) is 9.40. The average Bonchev–Trinajstić information content (AvgIpc) is 2.87. The lowest BCUT2D eigenvalue weighted by atomic mass is 10.1. The van der Waals surface area contributed by atoms with Crippen LogP contribution >= 0.6 is 0 Å². The Balaban J connectivity index is 2.36. The van der Waals surface area contributed by atoms with E-state index in [9.17, 15) is 20.0 Å². The number of carboxylic acid groups (broad SMARTS) is 1. The van der Waals surface area contributed by atoms with Crippen LogP contribution in [-0.2, 0) is 0 Å². The van der Waals surface area contributed by atoms with Gasteiger partial charge in [-0.25, -0.2) is 4.79 Å². The van der Waals surface area contributed by atoms with Gasteiger partial charge in [0.2, 0.25) is 0 Å². The lowest BCUT2D eigenvalue weighted by molar-refractivity contribution is -0.384.